The Morgan fingerprint density at radius 1 is 1.00 bits per heavy atom. The first-order chi connectivity index (χ1) is 13.0. The molecule has 0 unspecified atom stereocenters. The van der Waals surface area contributed by atoms with Gasteiger partial charge in [0.25, 0.3) is 5.91 Å². The number of rotatable bonds is 6. The van der Waals surface area contributed by atoms with Crippen molar-refractivity contribution in [2.24, 2.45) is 0 Å². The molecule has 2 aromatic carbocycles. The van der Waals surface area contributed by atoms with Crippen molar-refractivity contribution in [3.8, 4) is 17.4 Å². The molecule has 3 aromatic rings. The molecule has 5 nitrogen and oxygen atoms in total. The lowest BCUT2D eigenvalue weighted by atomic mass is 10.1. The molecule has 0 radical (unpaired) electrons. The monoisotopic (exact) mass is 362 g/mol. The standard InChI is InChI=1S/C22H22N2O3/c1-15-7-10-19(11-8-15)27-22-12-9-18(13-23-22)24-21(25)14-26-20-6-4-5-16(2)17(20)3/h4-13H,14H2,1-3H3,(H,24,25). The van der Waals surface area contributed by atoms with E-state index in [0.717, 1.165) is 16.7 Å². The van der Waals surface area contributed by atoms with Gasteiger partial charge in [0.15, 0.2) is 6.61 Å². The summed E-state index contributed by atoms with van der Waals surface area (Å²) in [5, 5.41) is 2.76. The number of aromatic nitrogens is 1. The van der Waals surface area contributed by atoms with Crippen LogP contribution in [0.2, 0.25) is 0 Å². The number of nitrogens with one attached hydrogen (secondary N) is 1. The number of aryl methyl sites for hydroxylation is 2. The van der Waals surface area contributed by atoms with Crippen LogP contribution in [0, 0.1) is 20.8 Å². The van der Waals surface area contributed by atoms with Gasteiger partial charge in [-0.25, -0.2) is 4.98 Å². The minimum absolute atomic E-state index is 0.0636. The summed E-state index contributed by atoms with van der Waals surface area (Å²) in [5.41, 5.74) is 3.91. The molecule has 5 heteroatoms. The molecular formula is C22H22N2O3. The van der Waals surface area contributed by atoms with Crippen LogP contribution in [0.1, 0.15) is 16.7 Å². The van der Waals surface area contributed by atoms with Crippen LogP contribution in [0.25, 0.3) is 0 Å². The number of hydrogen-bond acceptors (Lipinski definition) is 4. The number of hydrogen-bond donors (Lipinski definition) is 1. The number of carbonyl (C=O) groups excluding carboxylic acids is 1. The van der Waals surface area contributed by atoms with Crippen LogP contribution in [0.5, 0.6) is 17.4 Å². The molecule has 0 atom stereocenters. The molecule has 3 rings (SSSR count). The van der Waals surface area contributed by atoms with E-state index in [1.807, 2.05) is 63.2 Å². The summed E-state index contributed by atoms with van der Waals surface area (Å²) in [6.45, 7) is 5.93. The van der Waals surface area contributed by atoms with Gasteiger partial charge in [0, 0.05) is 6.07 Å². The normalized spacial score (nSPS) is 10.3. The molecule has 0 saturated heterocycles. The summed E-state index contributed by atoms with van der Waals surface area (Å²) in [5.74, 6) is 1.64. The molecule has 27 heavy (non-hydrogen) atoms. The zero-order valence-corrected chi connectivity index (χ0v) is 15.7. The summed E-state index contributed by atoms with van der Waals surface area (Å²) in [7, 11) is 0. The fourth-order valence-corrected chi connectivity index (χ4v) is 2.46. The van der Waals surface area contributed by atoms with E-state index in [1.54, 1.807) is 18.3 Å². The Morgan fingerprint density at radius 2 is 1.78 bits per heavy atom. The third-order valence-corrected chi connectivity index (χ3v) is 4.18. The van der Waals surface area contributed by atoms with E-state index in [2.05, 4.69) is 10.3 Å². The van der Waals surface area contributed by atoms with Gasteiger partial charge in [-0.05, 0) is 56.2 Å². The van der Waals surface area contributed by atoms with Gasteiger partial charge in [-0.15, -0.1) is 0 Å². The zero-order chi connectivity index (χ0) is 19.2. The Balaban J connectivity index is 1.53. The van der Waals surface area contributed by atoms with Crippen molar-refractivity contribution in [3.05, 3.63) is 77.5 Å². The van der Waals surface area contributed by atoms with Gasteiger partial charge >= 0.3 is 0 Å². The summed E-state index contributed by atoms with van der Waals surface area (Å²) < 4.78 is 11.3. The molecule has 138 valence electrons. The average Bonchev–Trinajstić information content (AvgIpc) is 2.66. The number of ether oxygens (including phenoxy) is 2. The SMILES string of the molecule is Cc1ccc(Oc2ccc(NC(=O)COc3cccc(C)c3C)cn2)cc1. The van der Waals surface area contributed by atoms with Crippen molar-refractivity contribution in [2.45, 2.75) is 20.8 Å². The number of anilines is 1. The van der Waals surface area contributed by atoms with Gasteiger partial charge in [0.05, 0.1) is 11.9 Å². The number of benzene rings is 2. The van der Waals surface area contributed by atoms with E-state index in [9.17, 15) is 4.79 Å². The summed E-state index contributed by atoms with van der Waals surface area (Å²) in [4.78, 5) is 16.3. The molecule has 0 aliphatic heterocycles. The van der Waals surface area contributed by atoms with Crippen molar-refractivity contribution in [1.29, 1.82) is 0 Å². The van der Waals surface area contributed by atoms with E-state index >= 15 is 0 Å². The van der Waals surface area contributed by atoms with Crippen molar-refractivity contribution in [2.75, 3.05) is 11.9 Å². The lowest BCUT2D eigenvalue weighted by Crippen LogP contribution is -2.20. The van der Waals surface area contributed by atoms with Crippen molar-refractivity contribution in [3.63, 3.8) is 0 Å². The molecule has 1 aromatic heterocycles. The van der Waals surface area contributed by atoms with Gasteiger partial charge in [0.1, 0.15) is 11.5 Å². The minimum atomic E-state index is -0.245. The molecular weight excluding hydrogens is 340 g/mol. The summed E-state index contributed by atoms with van der Waals surface area (Å²) in [6.07, 6.45) is 1.55. The third kappa shape index (κ3) is 5.07. The highest BCUT2D eigenvalue weighted by atomic mass is 16.5. The quantitative estimate of drug-likeness (QED) is 0.683. The fraction of sp³-hybridized carbons (Fsp3) is 0.182. The highest BCUT2D eigenvalue weighted by molar-refractivity contribution is 5.91. The largest absolute Gasteiger partial charge is 0.483 e. The number of amides is 1. The lowest BCUT2D eigenvalue weighted by Gasteiger charge is -2.11. The Bertz CT molecular complexity index is 919. The molecule has 0 saturated carbocycles. The first kappa shape index (κ1) is 18.5. The second kappa shape index (κ2) is 8.36. The Labute approximate surface area is 159 Å². The lowest BCUT2D eigenvalue weighted by molar-refractivity contribution is -0.118. The Hall–Kier alpha value is -3.34. The van der Waals surface area contributed by atoms with Crippen molar-refractivity contribution in [1.82, 2.24) is 4.98 Å². The number of nitrogens with zero attached hydrogens (tertiary/aromatic N) is 1. The van der Waals surface area contributed by atoms with Crippen LogP contribution in [0.4, 0.5) is 5.69 Å². The Morgan fingerprint density at radius 3 is 2.48 bits per heavy atom. The summed E-state index contributed by atoms with van der Waals surface area (Å²) in [6, 6.07) is 16.9. The predicted octanol–water partition coefficient (Wildman–Crippen LogP) is 4.82. The fourth-order valence-electron chi connectivity index (χ4n) is 2.46. The average molecular weight is 362 g/mol. The second-order valence-electron chi connectivity index (χ2n) is 6.34. The van der Waals surface area contributed by atoms with Crippen LogP contribution in [-0.4, -0.2) is 17.5 Å². The van der Waals surface area contributed by atoms with E-state index in [0.29, 0.717) is 23.1 Å². The molecule has 0 aliphatic carbocycles. The molecule has 1 amide bonds. The van der Waals surface area contributed by atoms with Gasteiger partial charge < -0.3 is 14.8 Å². The summed E-state index contributed by atoms with van der Waals surface area (Å²) >= 11 is 0. The second-order valence-corrected chi connectivity index (χ2v) is 6.34. The number of carbonyl (C=O) groups is 1. The van der Waals surface area contributed by atoms with Crippen molar-refractivity contribution < 1.29 is 14.3 Å². The highest BCUT2D eigenvalue weighted by Crippen LogP contribution is 2.22. The maximum atomic E-state index is 12.1. The van der Waals surface area contributed by atoms with Crippen LogP contribution in [0.3, 0.4) is 0 Å². The molecule has 0 fully saturated rings. The van der Waals surface area contributed by atoms with E-state index in [4.69, 9.17) is 9.47 Å². The van der Waals surface area contributed by atoms with Gasteiger partial charge in [-0.1, -0.05) is 29.8 Å². The molecule has 0 spiro atoms. The van der Waals surface area contributed by atoms with E-state index in [-0.39, 0.29) is 12.5 Å². The van der Waals surface area contributed by atoms with Crippen LogP contribution < -0.4 is 14.8 Å². The Kier molecular flexibility index (Phi) is 5.71. The van der Waals surface area contributed by atoms with Crippen molar-refractivity contribution >= 4 is 11.6 Å². The van der Waals surface area contributed by atoms with E-state index in [1.165, 1.54) is 0 Å². The topological polar surface area (TPSA) is 60.5 Å². The highest BCUT2D eigenvalue weighted by Gasteiger charge is 2.07. The number of pyridine rings is 1. The van der Waals surface area contributed by atoms with Gasteiger partial charge in [0.2, 0.25) is 5.88 Å². The van der Waals surface area contributed by atoms with Crippen LogP contribution in [0.15, 0.2) is 60.8 Å². The van der Waals surface area contributed by atoms with Crippen LogP contribution in [-0.2, 0) is 4.79 Å². The first-order valence-corrected chi connectivity index (χ1v) is 8.71. The predicted molar refractivity (Wildman–Crippen MR) is 106 cm³/mol. The maximum Gasteiger partial charge on any atom is 0.262 e. The third-order valence-electron chi connectivity index (χ3n) is 4.18. The zero-order valence-electron chi connectivity index (χ0n) is 15.7. The molecule has 0 bridgehead atoms. The first-order valence-electron chi connectivity index (χ1n) is 8.71. The molecule has 0 aliphatic rings. The maximum absolute atomic E-state index is 12.1. The van der Waals surface area contributed by atoms with Crippen LogP contribution >= 0.6 is 0 Å². The minimum Gasteiger partial charge on any atom is -0.483 e. The van der Waals surface area contributed by atoms with Gasteiger partial charge in [-0.3, -0.25) is 4.79 Å². The van der Waals surface area contributed by atoms with E-state index < -0.39 is 0 Å². The van der Waals surface area contributed by atoms with Gasteiger partial charge in [-0.2, -0.15) is 0 Å². The molecule has 1 heterocycles. The smallest absolute Gasteiger partial charge is 0.262 e. The molecule has 1 N–H and O–H groups in total.